The smallest absolute Gasteiger partial charge is 0.265 e. The number of hydrogen-bond donors (Lipinski definition) is 1. The van der Waals surface area contributed by atoms with E-state index >= 15 is 0 Å². The number of amides is 1. The van der Waals surface area contributed by atoms with Crippen LogP contribution >= 0.6 is 0 Å². The van der Waals surface area contributed by atoms with Gasteiger partial charge in [-0.25, -0.2) is 0 Å². The lowest BCUT2D eigenvalue weighted by molar-refractivity contribution is -0.122. The van der Waals surface area contributed by atoms with Crippen LogP contribution in [0.1, 0.15) is 18.1 Å². The molecule has 3 rings (SSSR count). The zero-order chi connectivity index (χ0) is 19.2. The van der Waals surface area contributed by atoms with Crippen molar-refractivity contribution in [3.05, 3.63) is 83.9 Å². The third kappa shape index (κ3) is 5.35. The molecule has 0 aliphatic rings. The normalized spacial score (nSPS) is 11.5. The average molecular weight is 361 g/mol. The van der Waals surface area contributed by atoms with E-state index in [1.807, 2.05) is 86.6 Å². The van der Waals surface area contributed by atoms with Crippen molar-refractivity contribution in [2.24, 2.45) is 0 Å². The maximum atomic E-state index is 12.3. The van der Waals surface area contributed by atoms with Crippen LogP contribution in [0.25, 0.3) is 0 Å². The molecule has 0 bridgehead atoms. The van der Waals surface area contributed by atoms with Crippen LogP contribution in [-0.2, 0) is 4.79 Å². The van der Waals surface area contributed by atoms with Crippen LogP contribution in [0.4, 0.5) is 5.69 Å². The second-order valence-corrected chi connectivity index (χ2v) is 6.51. The van der Waals surface area contributed by atoms with Crippen molar-refractivity contribution in [2.45, 2.75) is 26.9 Å². The minimum atomic E-state index is -0.602. The molecule has 3 aromatic carbocycles. The van der Waals surface area contributed by atoms with E-state index in [9.17, 15) is 4.79 Å². The highest BCUT2D eigenvalue weighted by Crippen LogP contribution is 2.24. The van der Waals surface area contributed by atoms with Crippen LogP contribution in [0.15, 0.2) is 72.8 Å². The van der Waals surface area contributed by atoms with E-state index in [2.05, 4.69) is 5.32 Å². The largest absolute Gasteiger partial charge is 0.481 e. The van der Waals surface area contributed by atoms with Gasteiger partial charge in [-0.2, -0.15) is 0 Å². The van der Waals surface area contributed by atoms with Gasteiger partial charge in [0.1, 0.15) is 17.2 Å². The minimum absolute atomic E-state index is 0.205. The van der Waals surface area contributed by atoms with Gasteiger partial charge in [-0.15, -0.1) is 0 Å². The summed E-state index contributed by atoms with van der Waals surface area (Å²) in [6, 6.07) is 22.8. The molecule has 0 aliphatic carbocycles. The van der Waals surface area contributed by atoms with Crippen molar-refractivity contribution in [1.29, 1.82) is 0 Å². The van der Waals surface area contributed by atoms with Gasteiger partial charge in [0.05, 0.1) is 0 Å². The number of benzene rings is 3. The minimum Gasteiger partial charge on any atom is -0.481 e. The van der Waals surface area contributed by atoms with E-state index in [4.69, 9.17) is 9.47 Å². The van der Waals surface area contributed by atoms with Gasteiger partial charge in [-0.1, -0.05) is 24.3 Å². The Morgan fingerprint density at radius 1 is 0.815 bits per heavy atom. The zero-order valence-corrected chi connectivity index (χ0v) is 15.7. The third-order valence-corrected chi connectivity index (χ3v) is 4.02. The fraction of sp³-hybridized carbons (Fsp3) is 0.174. The molecule has 0 aliphatic heterocycles. The van der Waals surface area contributed by atoms with E-state index in [-0.39, 0.29) is 5.91 Å². The number of ether oxygens (including phenoxy) is 2. The molecule has 0 saturated heterocycles. The molecule has 4 nitrogen and oxygen atoms in total. The molecule has 0 unspecified atom stereocenters. The van der Waals surface area contributed by atoms with Crippen LogP contribution in [-0.4, -0.2) is 12.0 Å². The number of carbonyl (C=O) groups is 1. The Kier molecular flexibility index (Phi) is 5.77. The maximum absolute atomic E-state index is 12.3. The fourth-order valence-corrected chi connectivity index (χ4v) is 2.61. The van der Waals surface area contributed by atoms with Gasteiger partial charge in [-0.3, -0.25) is 4.79 Å². The molecule has 1 amide bonds. The molecule has 1 atom stereocenters. The third-order valence-electron chi connectivity index (χ3n) is 4.02. The van der Waals surface area contributed by atoms with Crippen LogP contribution in [0.5, 0.6) is 17.2 Å². The predicted octanol–water partition coefficient (Wildman–Crippen LogP) is 5.50. The molecule has 138 valence electrons. The van der Waals surface area contributed by atoms with Crippen molar-refractivity contribution in [2.75, 3.05) is 5.32 Å². The summed E-state index contributed by atoms with van der Waals surface area (Å²) in [6.07, 6.45) is -0.602. The number of aryl methyl sites for hydroxylation is 2. The standard InChI is InChI=1S/C23H23NO3/c1-16-6-4-8-21(14-16)26-18(3)23(25)24-19-10-12-20(13-11-19)27-22-9-5-7-17(2)15-22/h4-15,18H,1-3H3,(H,24,25)/t18-/m0/s1. The Morgan fingerprint density at radius 2 is 1.41 bits per heavy atom. The lowest BCUT2D eigenvalue weighted by Crippen LogP contribution is -2.30. The van der Waals surface area contributed by atoms with Gasteiger partial charge < -0.3 is 14.8 Å². The Bertz CT molecular complexity index is 919. The van der Waals surface area contributed by atoms with Crippen molar-refractivity contribution in [1.82, 2.24) is 0 Å². The molecule has 3 aromatic rings. The summed E-state index contributed by atoms with van der Waals surface area (Å²) in [5, 5.41) is 2.86. The molecule has 0 fully saturated rings. The summed E-state index contributed by atoms with van der Waals surface area (Å²) in [4.78, 5) is 12.3. The second-order valence-electron chi connectivity index (χ2n) is 6.51. The van der Waals surface area contributed by atoms with E-state index in [0.29, 0.717) is 17.2 Å². The average Bonchev–Trinajstić information content (AvgIpc) is 2.63. The van der Waals surface area contributed by atoms with Gasteiger partial charge in [-0.05, 0) is 80.4 Å². The summed E-state index contributed by atoms with van der Waals surface area (Å²) in [6.45, 7) is 5.73. The van der Waals surface area contributed by atoms with Gasteiger partial charge in [0.25, 0.3) is 5.91 Å². The topological polar surface area (TPSA) is 47.6 Å². The number of rotatable bonds is 6. The van der Waals surface area contributed by atoms with E-state index < -0.39 is 6.10 Å². The van der Waals surface area contributed by atoms with Crippen LogP contribution in [0.2, 0.25) is 0 Å². The Balaban J connectivity index is 1.57. The molecular formula is C23H23NO3. The highest BCUT2D eigenvalue weighted by Gasteiger charge is 2.15. The molecular weight excluding hydrogens is 338 g/mol. The number of carbonyl (C=O) groups excluding carboxylic acids is 1. The maximum Gasteiger partial charge on any atom is 0.265 e. The van der Waals surface area contributed by atoms with Crippen molar-refractivity contribution < 1.29 is 14.3 Å². The first-order chi connectivity index (χ1) is 13.0. The van der Waals surface area contributed by atoms with Gasteiger partial charge in [0, 0.05) is 5.69 Å². The zero-order valence-electron chi connectivity index (χ0n) is 15.7. The van der Waals surface area contributed by atoms with Crippen molar-refractivity contribution in [3.63, 3.8) is 0 Å². The fourth-order valence-electron chi connectivity index (χ4n) is 2.61. The monoisotopic (exact) mass is 361 g/mol. The van der Waals surface area contributed by atoms with Gasteiger partial charge in [0.15, 0.2) is 6.10 Å². The highest BCUT2D eigenvalue weighted by atomic mass is 16.5. The summed E-state index contributed by atoms with van der Waals surface area (Å²) >= 11 is 0. The SMILES string of the molecule is Cc1cccc(Oc2ccc(NC(=O)[C@H](C)Oc3cccc(C)c3)cc2)c1. The number of anilines is 1. The number of nitrogens with one attached hydrogen (secondary N) is 1. The molecule has 0 heterocycles. The summed E-state index contributed by atoms with van der Waals surface area (Å²) < 4.78 is 11.5. The summed E-state index contributed by atoms with van der Waals surface area (Å²) in [7, 11) is 0. The predicted molar refractivity (Wildman–Crippen MR) is 108 cm³/mol. The quantitative estimate of drug-likeness (QED) is 0.630. The molecule has 0 saturated carbocycles. The molecule has 4 heteroatoms. The number of hydrogen-bond acceptors (Lipinski definition) is 3. The Morgan fingerprint density at radius 3 is 2.04 bits per heavy atom. The van der Waals surface area contributed by atoms with Crippen LogP contribution in [0.3, 0.4) is 0 Å². The first-order valence-electron chi connectivity index (χ1n) is 8.88. The molecule has 27 heavy (non-hydrogen) atoms. The highest BCUT2D eigenvalue weighted by molar-refractivity contribution is 5.94. The first kappa shape index (κ1) is 18.5. The summed E-state index contributed by atoms with van der Waals surface area (Å²) in [5.41, 5.74) is 2.92. The second kappa shape index (κ2) is 8.41. The van der Waals surface area contributed by atoms with Crippen LogP contribution < -0.4 is 14.8 Å². The van der Waals surface area contributed by atoms with Crippen LogP contribution in [0, 0.1) is 13.8 Å². The molecule has 1 N–H and O–H groups in total. The van der Waals surface area contributed by atoms with E-state index in [1.54, 1.807) is 6.92 Å². The molecule has 0 spiro atoms. The van der Waals surface area contributed by atoms with Gasteiger partial charge in [0.2, 0.25) is 0 Å². The molecule has 0 aromatic heterocycles. The lowest BCUT2D eigenvalue weighted by Gasteiger charge is -2.15. The van der Waals surface area contributed by atoms with Crippen molar-refractivity contribution in [3.8, 4) is 17.2 Å². The first-order valence-corrected chi connectivity index (χ1v) is 8.88. The van der Waals surface area contributed by atoms with Gasteiger partial charge >= 0.3 is 0 Å². The Hall–Kier alpha value is -3.27. The molecule has 0 radical (unpaired) electrons. The van der Waals surface area contributed by atoms with E-state index in [0.717, 1.165) is 16.9 Å². The lowest BCUT2D eigenvalue weighted by atomic mass is 10.2. The Labute approximate surface area is 159 Å². The summed E-state index contributed by atoms with van der Waals surface area (Å²) in [5.74, 6) is 1.97. The van der Waals surface area contributed by atoms with Crippen molar-refractivity contribution >= 4 is 11.6 Å². The van der Waals surface area contributed by atoms with E-state index in [1.165, 1.54) is 0 Å².